The van der Waals surface area contributed by atoms with Gasteiger partial charge in [0.1, 0.15) is 5.78 Å². The van der Waals surface area contributed by atoms with Gasteiger partial charge in [0, 0.05) is 30.3 Å². The van der Waals surface area contributed by atoms with E-state index in [1.165, 1.54) is 4.90 Å². The second-order valence-electron chi connectivity index (χ2n) is 8.61. The van der Waals surface area contributed by atoms with E-state index in [1.807, 2.05) is 13.8 Å². The molecule has 0 spiro atoms. The van der Waals surface area contributed by atoms with E-state index in [9.17, 15) is 19.2 Å². The minimum Gasteiger partial charge on any atom is -0.343 e. The van der Waals surface area contributed by atoms with Crippen molar-refractivity contribution in [3.63, 3.8) is 0 Å². The third kappa shape index (κ3) is 4.17. The van der Waals surface area contributed by atoms with Crippen LogP contribution in [0, 0.1) is 5.92 Å². The maximum Gasteiger partial charge on any atom is 0.255 e. The highest BCUT2D eigenvalue weighted by Crippen LogP contribution is 2.30. The number of amides is 2. The van der Waals surface area contributed by atoms with E-state index in [0.29, 0.717) is 40.2 Å². The lowest BCUT2D eigenvalue weighted by Crippen LogP contribution is -2.44. The standard InChI is InChI=1S/C24H24ClN3O4/c1-13(2)21(22-18(25)4-3-9-26-22)27-23(31)14-5-7-17-15(10-14)12-28(24(17)32)19-8-6-16(29)11-20(19)30/h3-5,7,9-10,13,19,21H,6,8,11-12H2,1-2H3,(H,27,31)/t19?,21-/m1/s1. The molecule has 166 valence electrons. The first-order valence-corrected chi connectivity index (χ1v) is 11.0. The quantitative estimate of drug-likeness (QED) is 0.699. The topological polar surface area (TPSA) is 96.4 Å². The molecule has 0 radical (unpaired) electrons. The average Bonchev–Trinajstić information content (AvgIpc) is 3.08. The summed E-state index contributed by atoms with van der Waals surface area (Å²) in [7, 11) is 0. The maximum atomic E-state index is 13.0. The summed E-state index contributed by atoms with van der Waals surface area (Å²) in [6.07, 6.45) is 2.17. The Kier molecular flexibility index (Phi) is 6.11. The molecular formula is C24H24ClN3O4. The van der Waals surface area contributed by atoms with Crippen LogP contribution in [0.4, 0.5) is 0 Å². The first-order valence-electron chi connectivity index (χ1n) is 10.7. The number of hydrogen-bond donors (Lipinski definition) is 1. The average molecular weight is 454 g/mol. The second-order valence-corrected chi connectivity index (χ2v) is 9.01. The van der Waals surface area contributed by atoms with Crippen LogP contribution in [0.3, 0.4) is 0 Å². The van der Waals surface area contributed by atoms with Crippen molar-refractivity contribution in [1.29, 1.82) is 0 Å². The molecule has 2 heterocycles. The molecule has 4 rings (SSSR count). The van der Waals surface area contributed by atoms with Crippen molar-refractivity contribution in [1.82, 2.24) is 15.2 Å². The van der Waals surface area contributed by atoms with Crippen LogP contribution in [0.25, 0.3) is 0 Å². The normalized spacial score (nSPS) is 19.3. The van der Waals surface area contributed by atoms with Gasteiger partial charge in [0.15, 0.2) is 5.78 Å². The fourth-order valence-corrected chi connectivity index (χ4v) is 4.57. The molecule has 1 fully saturated rings. The molecule has 32 heavy (non-hydrogen) atoms. The number of pyridine rings is 1. The largest absolute Gasteiger partial charge is 0.343 e. The summed E-state index contributed by atoms with van der Waals surface area (Å²) in [5.74, 6) is -0.772. The van der Waals surface area contributed by atoms with Crippen LogP contribution in [0.15, 0.2) is 36.5 Å². The van der Waals surface area contributed by atoms with E-state index in [1.54, 1.807) is 36.5 Å². The molecule has 2 atom stereocenters. The highest BCUT2D eigenvalue weighted by atomic mass is 35.5. The second kappa shape index (κ2) is 8.82. The van der Waals surface area contributed by atoms with Crippen molar-refractivity contribution in [3.05, 3.63) is 63.9 Å². The number of hydrogen-bond acceptors (Lipinski definition) is 5. The van der Waals surface area contributed by atoms with Crippen LogP contribution in [0.1, 0.15) is 71.1 Å². The van der Waals surface area contributed by atoms with Crippen molar-refractivity contribution < 1.29 is 19.2 Å². The molecule has 1 unspecified atom stereocenters. The lowest BCUT2D eigenvalue weighted by atomic mass is 9.92. The minimum absolute atomic E-state index is 0.0536. The van der Waals surface area contributed by atoms with Gasteiger partial charge in [0.05, 0.1) is 29.2 Å². The van der Waals surface area contributed by atoms with Gasteiger partial charge in [0.25, 0.3) is 11.8 Å². The molecule has 1 aliphatic carbocycles. The number of benzene rings is 1. The lowest BCUT2D eigenvalue weighted by molar-refractivity contribution is -0.133. The first-order chi connectivity index (χ1) is 15.3. The highest BCUT2D eigenvalue weighted by molar-refractivity contribution is 6.31. The Hall–Kier alpha value is -3.06. The van der Waals surface area contributed by atoms with Gasteiger partial charge < -0.3 is 10.2 Å². The number of halogens is 1. The van der Waals surface area contributed by atoms with Crippen molar-refractivity contribution >= 4 is 35.0 Å². The van der Waals surface area contributed by atoms with Crippen molar-refractivity contribution in [2.24, 2.45) is 5.92 Å². The summed E-state index contributed by atoms with van der Waals surface area (Å²) in [6.45, 7) is 4.20. The Balaban J connectivity index is 1.53. The van der Waals surface area contributed by atoms with Gasteiger partial charge in [0.2, 0.25) is 0 Å². The lowest BCUT2D eigenvalue weighted by Gasteiger charge is -2.29. The first kappa shape index (κ1) is 22.1. The van der Waals surface area contributed by atoms with Crippen LogP contribution >= 0.6 is 11.6 Å². The number of nitrogens with one attached hydrogen (secondary N) is 1. The molecular weight excluding hydrogens is 430 g/mol. The molecule has 1 aromatic carbocycles. The number of carbonyl (C=O) groups is 4. The molecule has 0 saturated heterocycles. The third-order valence-electron chi connectivity index (χ3n) is 6.05. The smallest absolute Gasteiger partial charge is 0.255 e. The van der Waals surface area contributed by atoms with E-state index < -0.39 is 6.04 Å². The number of nitrogens with zero attached hydrogens (tertiary/aromatic N) is 2. The fraction of sp³-hybridized carbons (Fsp3) is 0.375. The van der Waals surface area contributed by atoms with Gasteiger partial charge in [-0.05, 0) is 48.2 Å². The fourth-order valence-electron chi connectivity index (χ4n) is 4.33. The van der Waals surface area contributed by atoms with E-state index in [4.69, 9.17) is 11.6 Å². The summed E-state index contributed by atoms with van der Waals surface area (Å²) in [4.78, 5) is 55.6. The monoisotopic (exact) mass is 453 g/mol. The summed E-state index contributed by atoms with van der Waals surface area (Å²) >= 11 is 6.29. The molecule has 1 aromatic heterocycles. The zero-order valence-corrected chi connectivity index (χ0v) is 18.7. The van der Waals surface area contributed by atoms with E-state index in [0.717, 1.165) is 0 Å². The molecule has 2 aliphatic rings. The number of carbonyl (C=O) groups excluding carboxylic acids is 4. The molecule has 2 amide bonds. The van der Waals surface area contributed by atoms with Gasteiger partial charge in [-0.25, -0.2) is 0 Å². The van der Waals surface area contributed by atoms with Crippen LogP contribution in [0.5, 0.6) is 0 Å². The molecule has 2 aromatic rings. The van der Waals surface area contributed by atoms with Crippen molar-refractivity contribution in [2.75, 3.05) is 0 Å². The van der Waals surface area contributed by atoms with Gasteiger partial charge in [-0.15, -0.1) is 0 Å². The number of ketones is 2. The zero-order chi connectivity index (χ0) is 23.0. The maximum absolute atomic E-state index is 13.0. The summed E-state index contributed by atoms with van der Waals surface area (Å²) < 4.78 is 0. The SMILES string of the molecule is CC(C)[C@@H](NC(=O)c1ccc2c(c1)CN(C1CCC(=O)CC1=O)C2=O)c1ncccc1Cl. The van der Waals surface area contributed by atoms with E-state index in [2.05, 4.69) is 10.3 Å². The van der Waals surface area contributed by atoms with Gasteiger partial charge in [-0.3, -0.25) is 24.2 Å². The summed E-state index contributed by atoms with van der Waals surface area (Å²) in [5.41, 5.74) is 2.20. The van der Waals surface area contributed by atoms with Gasteiger partial charge in [-0.2, -0.15) is 0 Å². The molecule has 1 saturated carbocycles. The van der Waals surface area contributed by atoms with E-state index in [-0.39, 0.29) is 48.3 Å². The highest BCUT2D eigenvalue weighted by Gasteiger charge is 2.39. The van der Waals surface area contributed by atoms with Crippen molar-refractivity contribution in [3.8, 4) is 0 Å². The molecule has 0 bridgehead atoms. The number of Topliss-reactive ketones (excluding diaryl/α,β-unsaturated/α-hetero) is 2. The summed E-state index contributed by atoms with van der Waals surface area (Å²) in [5, 5.41) is 3.49. The zero-order valence-electron chi connectivity index (χ0n) is 17.9. The van der Waals surface area contributed by atoms with E-state index >= 15 is 0 Å². The Morgan fingerprint density at radius 3 is 2.69 bits per heavy atom. The Morgan fingerprint density at radius 1 is 1.22 bits per heavy atom. The number of rotatable bonds is 5. The van der Waals surface area contributed by atoms with Crippen LogP contribution in [0.2, 0.25) is 5.02 Å². The van der Waals surface area contributed by atoms with Crippen LogP contribution in [-0.4, -0.2) is 39.3 Å². The number of fused-ring (bicyclic) bond motifs is 1. The van der Waals surface area contributed by atoms with Crippen LogP contribution in [-0.2, 0) is 16.1 Å². The van der Waals surface area contributed by atoms with Gasteiger partial charge >= 0.3 is 0 Å². The van der Waals surface area contributed by atoms with Crippen LogP contribution < -0.4 is 5.32 Å². The predicted molar refractivity (Wildman–Crippen MR) is 118 cm³/mol. The molecule has 1 aliphatic heterocycles. The Morgan fingerprint density at radius 2 is 2.00 bits per heavy atom. The minimum atomic E-state index is -0.582. The Labute approximate surface area is 191 Å². The molecule has 1 N–H and O–H groups in total. The summed E-state index contributed by atoms with van der Waals surface area (Å²) in [6, 6.07) is 7.45. The number of aromatic nitrogens is 1. The predicted octanol–water partition coefficient (Wildman–Crippen LogP) is 3.51. The van der Waals surface area contributed by atoms with Gasteiger partial charge in [-0.1, -0.05) is 25.4 Å². The Bertz CT molecular complexity index is 1110. The molecule has 8 heteroatoms. The molecule has 7 nitrogen and oxygen atoms in total. The third-order valence-corrected chi connectivity index (χ3v) is 6.37. The van der Waals surface area contributed by atoms with Crippen molar-refractivity contribution in [2.45, 2.75) is 51.7 Å².